The van der Waals surface area contributed by atoms with E-state index < -0.39 is 13.2 Å². The standard InChI is InChI=1S/C27H29BN2O6/c1-19(31)34-25(23-12-11-21-8-4-5-9-22(21)14-23)16-29(2)15-20-7-6-10-24(13-20)28-35-26(32)17-30(3)18-27(33)36-28/h4-14,17-18,25,32-33H,15-16H2,1-3H3/b26-17-,27-18-. The molecule has 36 heavy (non-hydrogen) atoms. The van der Waals surface area contributed by atoms with Crippen LogP contribution in [0.25, 0.3) is 10.8 Å². The van der Waals surface area contributed by atoms with Crippen molar-refractivity contribution in [2.45, 2.75) is 19.6 Å². The smallest absolute Gasteiger partial charge is 0.494 e. The lowest BCUT2D eigenvalue weighted by Crippen LogP contribution is -2.38. The Morgan fingerprint density at radius 1 is 1.00 bits per heavy atom. The highest BCUT2D eigenvalue weighted by Gasteiger charge is 2.30. The zero-order valence-corrected chi connectivity index (χ0v) is 20.5. The molecule has 0 fully saturated rings. The van der Waals surface area contributed by atoms with Gasteiger partial charge in [-0.15, -0.1) is 0 Å². The molecule has 0 saturated carbocycles. The van der Waals surface area contributed by atoms with Crippen LogP contribution in [0.15, 0.2) is 91.0 Å². The molecule has 3 aromatic carbocycles. The number of ether oxygens (including phenoxy) is 1. The Morgan fingerprint density at radius 3 is 2.39 bits per heavy atom. The Hall–Kier alpha value is -4.11. The van der Waals surface area contributed by atoms with Crippen LogP contribution >= 0.6 is 0 Å². The molecule has 1 aliphatic rings. The minimum absolute atomic E-state index is 0.339. The van der Waals surface area contributed by atoms with Crippen LogP contribution in [-0.2, 0) is 25.4 Å². The zero-order valence-electron chi connectivity index (χ0n) is 20.5. The number of carbonyl (C=O) groups excluding carboxylic acids is 1. The Bertz CT molecular complexity index is 1270. The third-order valence-electron chi connectivity index (χ3n) is 5.69. The third-order valence-corrected chi connectivity index (χ3v) is 5.69. The predicted octanol–water partition coefficient (Wildman–Crippen LogP) is 3.96. The van der Waals surface area contributed by atoms with Gasteiger partial charge in [0, 0.05) is 32.5 Å². The molecule has 3 aromatic rings. The Labute approximate surface area is 210 Å². The average Bonchev–Trinajstić information content (AvgIpc) is 2.81. The fourth-order valence-corrected chi connectivity index (χ4v) is 4.14. The molecular weight excluding hydrogens is 459 g/mol. The molecule has 9 heteroatoms. The van der Waals surface area contributed by atoms with E-state index in [1.165, 1.54) is 24.2 Å². The van der Waals surface area contributed by atoms with Crippen molar-refractivity contribution in [1.29, 1.82) is 0 Å². The summed E-state index contributed by atoms with van der Waals surface area (Å²) in [6.45, 7) is 2.45. The van der Waals surface area contributed by atoms with Gasteiger partial charge in [-0.3, -0.25) is 9.69 Å². The van der Waals surface area contributed by atoms with E-state index in [0.717, 1.165) is 21.9 Å². The predicted molar refractivity (Wildman–Crippen MR) is 138 cm³/mol. The molecule has 1 heterocycles. The van der Waals surface area contributed by atoms with Gasteiger partial charge in [0.1, 0.15) is 6.10 Å². The molecule has 8 nitrogen and oxygen atoms in total. The van der Waals surface area contributed by atoms with E-state index in [1.807, 2.05) is 61.6 Å². The first-order chi connectivity index (χ1) is 17.3. The highest BCUT2D eigenvalue weighted by atomic mass is 16.7. The van der Waals surface area contributed by atoms with Crippen LogP contribution in [0, 0.1) is 0 Å². The van der Waals surface area contributed by atoms with Crippen molar-refractivity contribution in [2.75, 3.05) is 20.6 Å². The molecule has 1 unspecified atom stereocenters. The fraction of sp³-hybridized carbons (Fsp3) is 0.222. The third kappa shape index (κ3) is 6.52. The van der Waals surface area contributed by atoms with E-state index in [2.05, 4.69) is 11.0 Å². The number of carbonyl (C=O) groups is 1. The van der Waals surface area contributed by atoms with Crippen molar-refractivity contribution in [3.05, 3.63) is 102 Å². The zero-order chi connectivity index (χ0) is 25.7. The van der Waals surface area contributed by atoms with Gasteiger partial charge in [0.05, 0.1) is 12.4 Å². The first-order valence-corrected chi connectivity index (χ1v) is 11.6. The normalized spacial score (nSPS) is 17.7. The molecule has 1 aliphatic heterocycles. The van der Waals surface area contributed by atoms with Gasteiger partial charge in [-0.1, -0.05) is 60.7 Å². The van der Waals surface area contributed by atoms with Crippen molar-refractivity contribution in [1.82, 2.24) is 9.80 Å². The van der Waals surface area contributed by atoms with E-state index in [0.29, 0.717) is 18.6 Å². The summed E-state index contributed by atoms with van der Waals surface area (Å²) in [5.74, 6) is -1.02. The van der Waals surface area contributed by atoms with Crippen LogP contribution in [0.1, 0.15) is 24.2 Å². The molecule has 0 spiro atoms. The lowest BCUT2D eigenvalue weighted by molar-refractivity contribution is -0.147. The average molecular weight is 488 g/mol. The second kappa shape index (κ2) is 11.1. The molecule has 1 atom stereocenters. The second-order valence-corrected chi connectivity index (χ2v) is 8.81. The first-order valence-electron chi connectivity index (χ1n) is 11.6. The lowest BCUT2D eigenvalue weighted by Gasteiger charge is -2.25. The maximum Gasteiger partial charge on any atom is 0.636 e. The van der Waals surface area contributed by atoms with E-state index in [-0.39, 0.29) is 17.9 Å². The summed E-state index contributed by atoms with van der Waals surface area (Å²) in [7, 11) is 2.55. The number of benzene rings is 3. The molecule has 0 saturated heterocycles. The monoisotopic (exact) mass is 488 g/mol. The lowest BCUT2D eigenvalue weighted by atomic mass is 9.78. The summed E-state index contributed by atoms with van der Waals surface area (Å²) in [5.41, 5.74) is 2.50. The molecule has 4 rings (SSSR count). The summed E-state index contributed by atoms with van der Waals surface area (Å²) in [5, 5.41) is 22.2. The number of rotatable bonds is 7. The second-order valence-electron chi connectivity index (χ2n) is 8.81. The number of likely N-dealkylation sites (N-methyl/N-ethyl adjacent to an activating group) is 1. The summed E-state index contributed by atoms with van der Waals surface area (Å²) in [6.07, 6.45) is 2.22. The number of fused-ring (bicyclic) bond motifs is 1. The maximum atomic E-state index is 11.9. The maximum absolute atomic E-state index is 11.9. The van der Waals surface area contributed by atoms with Gasteiger partial charge in [0.25, 0.3) is 11.9 Å². The van der Waals surface area contributed by atoms with Crippen LogP contribution in [0.5, 0.6) is 0 Å². The molecule has 2 N–H and O–H groups in total. The van der Waals surface area contributed by atoms with Crippen LogP contribution in [0.4, 0.5) is 0 Å². The van der Waals surface area contributed by atoms with Crippen LogP contribution in [-0.4, -0.2) is 53.7 Å². The number of nitrogens with zero attached hydrogens (tertiary/aromatic N) is 2. The number of aliphatic hydroxyl groups is 2. The van der Waals surface area contributed by atoms with Crippen LogP contribution in [0.2, 0.25) is 0 Å². The van der Waals surface area contributed by atoms with Crippen LogP contribution < -0.4 is 5.46 Å². The van der Waals surface area contributed by atoms with E-state index >= 15 is 0 Å². The number of hydrogen-bond donors (Lipinski definition) is 2. The van der Waals surface area contributed by atoms with Crippen molar-refractivity contribution in [3.63, 3.8) is 0 Å². The number of aliphatic hydroxyl groups excluding tert-OH is 2. The molecule has 0 aromatic heterocycles. The van der Waals surface area contributed by atoms with Crippen molar-refractivity contribution < 1.29 is 29.1 Å². The van der Waals surface area contributed by atoms with E-state index in [4.69, 9.17) is 14.0 Å². The van der Waals surface area contributed by atoms with Gasteiger partial charge in [0.2, 0.25) is 0 Å². The highest BCUT2D eigenvalue weighted by Crippen LogP contribution is 2.24. The van der Waals surface area contributed by atoms with Crippen molar-refractivity contribution in [3.8, 4) is 0 Å². The Kier molecular flexibility index (Phi) is 7.70. The summed E-state index contributed by atoms with van der Waals surface area (Å²) in [4.78, 5) is 15.3. The molecule has 186 valence electrons. The van der Waals surface area contributed by atoms with Gasteiger partial charge in [0.15, 0.2) is 0 Å². The van der Waals surface area contributed by atoms with Gasteiger partial charge >= 0.3 is 13.1 Å². The molecular formula is C27H29BN2O6. The van der Waals surface area contributed by atoms with Crippen molar-refractivity contribution in [2.24, 2.45) is 0 Å². The summed E-state index contributed by atoms with van der Waals surface area (Å²) < 4.78 is 16.6. The quantitative estimate of drug-likeness (QED) is 0.382. The molecule has 0 aliphatic carbocycles. The fourth-order valence-electron chi connectivity index (χ4n) is 4.14. The summed E-state index contributed by atoms with van der Waals surface area (Å²) >= 11 is 0. The van der Waals surface area contributed by atoms with Gasteiger partial charge in [-0.2, -0.15) is 0 Å². The first kappa shape index (κ1) is 25.0. The molecule has 0 bridgehead atoms. The Morgan fingerprint density at radius 2 is 1.69 bits per heavy atom. The molecule has 0 radical (unpaired) electrons. The number of esters is 1. The van der Waals surface area contributed by atoms with E-state index in [9.17, 15) is 15.0 Å². The van der Waals surface area contributed by atoms with Crippen LogP contribution in [0.3, 0.4) is 0 Å². The number of hydrogen-bond acceptors (Lipinski definition) is 8. The van der Waals surface area contributed by atoms with Gasteiger partial charge in [-0.05, 0) is 35.0 Å². The van der Waals surface area contributed by atoms with Crippen molar-refractivity contribution >= 4 is 29.3 Å². The largest absolute Gasteiger partial charge is 0.636 e. The molecule has 0 amide bonds. The highest BCUT2D eigenvalue weighted by molar-refractivity contribution is 6.61. The van der Waals surface area contributed by atoms with E-state index in [1.54, 1.807) is 13.1 Å². The summed E-state index contributed by atoms with van der Waals surface area (Å²) in [6, 6.07) is 21.6. The minimum atomic E-state index is -1.03. The van der Waals surface area contributed by atoms with Gasteiger partial charge in [-0.25, -0.2) is 0 Å². The SMILES string of the molecule is CC(=O)OC(CN(C)Cc1cccc(B2O/C(O)=C\N(C)/C=C(/O)O2)c1)c1ccc2ccccc2c1. The Balaban J connectivity index is 1.49. The minimum Gasteiger partial charge on any atom is -0.494 e. The van der Waals surface area contributed by atoms with Gasteiger partial charge < -0.3 is 29.2 Å². The topological polar surface area (TPSA) is 91.7 Å².